The number of carbonyl (C=O) groups excluding carboxylic acids is 2. The summed E-state index contributed by atoms with van der Waals surface area (Å²) >= 11 is 0. The molecule has 5 nitrogen and oxygen atoms in total. The van der Waals surface area contributed by atoms with Crippen molar-refractivity contribution in [1.82, 2.24) is 10.2 Å². The molecule has 5 heteroatoms. The van der Waals surface area contributed by atoms with Crippen molar-refractivity contribution in [3.05, 3.63) is 65.2 Å². The van der Waals surface area contributed by atoms with Gasteiger partial charge in [-0.25, -0.2) is 0 Å². The van der Waals surface area contributed by atoms with Crippen molar-refractivity contribution >= 4 is 11.8 Å². The van der Waals surface area contributed by atoms with E-state index in [1.807, 2.05) is 63.2 Å². The lowest BCUT2D eigenvalue weighted by Crippen LogP contribution is -2.50. The van der Waals surface area contributed by atoms with E-state index in [2.05, 4.69) is 5.32 Å². The minimum absolute atomic E-state index is 0.121. The van der Waals surface area contributed by atoms with Gasteiger partial charge in [-0.3, -0.25) is 9.59 Å². The van der Waals surface area contributed by atoms with E-state index in [-0.39, 0.29) is 11.8 Å². The maximum atomic E-state index is 13.0. The van der Waals surface area contributed by atoms with E-state index in [0.717, 1.165) is 16.9 Å². The molecule has 1 heterocycles. The number of hydrogen-bond donors (Lipinski definition) is 1. The summed E-state index contributed by atoms with van der Waals surface area (Å²) in [6.45, 7) is 8.49. The molecule has 0 radical (unpaired) electrons. The Balaban J connectivity index is 1.75. The van der Waals surface area contributed by atoms with Crippen LogP contribution in [-0.4, -0.2) is 34.9 Å². The summed E-state index contributed by atoms with van der Waals surface area (Å²) in [5.41, 5.74) is 2.01. The molecule has 0 bridgehead atoms. The maximum Gasteiger partial charge on any atom is 0.251 e. The van der Waals surface area contributed by atoms with Crippen LogP contribution in [0.4, 0.5) is 0 Å². The molecule has 2 aromatic rings. The van der Waals surface area contributed by atoms with Gasteiger partial charge in [-0.05, 0) is 45.9 Å². The molecule has 0 saturated carbocycles. The van der Waals surface area contributed by atoms with Crippen molar-refractivity contribution < 1.29 is 14.3 Å². The summed E-state index contributed by atoms with van der Waals surface area (Å²) in [6, 6.07) is 14.5. The first kappa shape index (κ1) is 19.0. The average Bonchev–Trinajstić information content (AvgIpc) is 2.75. The van der Waals surface area contributed by atoms with Crippen molar-refractivity contribution in [1.29, 1.82) is 0 Å². The van der Waals surface area contributed by atoms with E-state index in [1.54, 1.807) is 17.9 Å². The molecule has 1 N–H and O–H groups in total. The fraction of sp³-hybridized carbons (Fsp3) is 0.364. The first-order valence-electron chi connectivity index (χ1n) is 9.18. The minimum Gasteiger partial charge on any atom is -0.486 e. The third kappa shape index (κ3) is 4.48. The van der Waals surface area contributed by atoms with Crippen LogP contribution in [0.15, 0.2) is 48.5 Å². The van der Waals surface area contributed by atoms with Crippen molar-refractivity contribution in [2.45, 2.75) is 45.9 Å². The zero-order valence-corrected chi connectivity index (χ0v) is 16.3. The quantitative estimate of drug-likeness (QED) is 0.907. The average molecular weight is 366 g/mol. The molecular weight excluding hydrogens is 340 g/mol. The molecule has 142 valence electrons. The highest BCUT2D eigenvalue weighted by Crippen LogP contribution is 2.29. The van der Waals surface area contributed by atoms with E-state index < -0.39 is 11.6 Å². The number of ether oxygens (including phenoxy) is 1. The van der Waals surface area contributed by atoms with Gasteiger partial charge in [0.25, 0.3) is 5.91 Å². The van der Waals surface area contributed by atoms with Gasteiger partial charge in [-0.2, -0.15) is 0 Å². The molecule has 1 atom stereocenters. The lowest BCUT2D eigenvalue weighted by molar-refractivity contribution is -0.135. The highest BCUT2D eigenvalue weighted by molar-refractivity contribution is 5.97. The molecule has 0 aromatic heterocycles. The number of carbonyl (C=O) groups is 2. The van der Waals surface area contributed by atoms with E-state index in [4.69, 9.17) is 4.74 Å². The summed E-state index contributed by atoms with van der Waals surface area (Å²) in [7, 11) is 0. The second-order valence-corrected chi connectivity index (χ2v) is 7.73. The van der Waals surface area contributed by atoms with Crippen molar-refractivity contribution in [3.8, 4) is 5.75 Å². The number of nitrogens with zero attached hydrogens (tertiary/aromatic N) is 1. The first-order chi connectivity index (χ1) is 12.7. The smallest absolute Gasteiger partial charge is 0.251 e. The Labute approximate surface area is 160 Å². The summed E-state index contributed by atoms with van der Waals surface area (Å²) in [4.78, 5) is 27.3. The van der Waals surface area contributed by atoms with Crippen molar-refractivity contribution in [2.75, 3.05) is 6.54 Å². The first-order valence-corrected chi connectivity index (χ1v) is 9.18. The number of rotatable bonds is 3. The predicted molar refractivity (Wildman–Crippen MR) is 105 cm³/mol. The Morgan fingerprint density at radius 1 is 1.15 bits per heavy atom. The molecular formula is C22H26N2O3. The molecule has 0 spiro atoms. The largest absolute Gasteiger partial charge is 0.486 e. The van der Waals surface area contributed by atoms with Gasteiger partial charge in [0, 0.05) is 17.7 Å². The number of fused-ring (bicyclic) bond motifs is 1. The SMILES string of the molecule is Cc1cccc(C(=O)NC(C)C(=O)N2Cc3ccccc3OC(C)(C)C2)c1. The number of aryl methyl sites for hydroxylation is 1. The van der Waals surface area contributed by atoms with Crippen LogP contribution in [0.25, 0.3) is 0 Å². The van der Waals surface area contributed by atoms with E-state index in [0.29, 0.717) is 18.7 Å². The summed E-state index contributed by atoms with van der Waals surface area (Å²) in [5.74, 6) is 0.434. The Morgan fingerprint density at radius 3 is 2.63 bits per heavy atom. The Bertz CT molecular complexity index is 860. The second-order valence-electron chi connectivity index (χ2n) is 7.73. The van der Waals surface area contributed by atoms with Crippen molar-refractivity contribution in [2.24, 2.45) is 0 Å². The fourth-order valence-electron chi connectivity index (χ4n) is 3.34. The molecule has 1 aliphatic rings. The fourth-order valence-corrected chi connectivity index (χ4v) is 3.34. The van der Waals surface area contributed by atoms with Crippen LogP contribution in [0.2, 0.25) is 0 Å². The molecule has 2 amide bonds. The van der Waals surface area contributed by atoms with Gasteiger partial charge in [0.15, 0.2) is 0 Å². The zero-order chi connectivity index (χ0) is 19.6. The van der Waals surface area contributed by atoms with Gasteiger partial charge in [0.1, 0.15) is 17.4 Å². The molecule has 27 heavy (non-hydrogen) atoms. The lowest BCUT2D eigenvalue weighted by atomic mass is 10.1. The minimum atomic E-state index is -0.626. The monoisotopic (exact) mass is 366 g/mol. The molecule has 0 fully saturated rings. The highest BCUT2D eigenvalue weighted by Gasteiger charge is 2.33. The number of amides is 2. The maximum absolute atomic E-state index is 13.0. The summed E-state index contributed by atoms with van der Waals surface area (Å²) in [6.07, 6.45) is 0. The Hall–Kier alpha value is -2.82. The Kier molecular flexibility index (Phi) is 5.22. The molecule has 2 aromatic carbocycles. The molecule has 0 aliphatic carbocycles. The standard InChI is InChI=1S/C22H26N2O3/c1-15-8-7-10-17(12-15)20(25)23-16(2)21(26)24-13-18-9-5-6-11-19(18)27-22(3,4)14-24/h5-12,16H,13-14H2,1-4H3,(H,23,25). The lowest BCUT2D eigenvalue weighted by Gasteiger charge is -2.31. The normalized spacial score (nSPS) is 16.5. The summed E-state index contributed by atoms with van der Waals surface area (Å²) < 4.78 is 6.09. The van der Waals surface area contributed by atoms with Crippen LogP contribution >= 0.6 is 0 Å². The van der Waals surface area contributed by atoms with Crippen LogP contribution in [0, 0.1) is 6.92 Å². The van der Waals surface area contributed by atoms with Crippen LogP contribution in [0.5, 0.6) is 5.75 Å². The predicted octanol–water partition coefficient (Wildman–Crippen LogP) is 3.31. The van der Waals surface area contributed by atoms with Gasteiger partial charge < -0.3 is 15.0 Å². The molecule has 3 rings (SSSR count). The van der Waals surface area contributed by atoms with Crippen LogP contribution in [0.1, 0.15) is 42.3 Å². The molecule has 1 unspecified atom stereocenters. The number of nitrogens with one attached hydrogen (secondary N) is 1. The third-order valence-electron chi connectivity index (χ3n) is 4.60. The highest BCUT2D eigenvalue weighted by atomic mass is 16.5. The van der Waals surface area contributed by atoms with Crippen LogP contribution in [0.3, 0.4) is 0 Å². The third-order valence-corrected chi connectivity index (χ3v) is 4.60. The number of benzene rings is 2. The van der Waals surface area contributed by atoms with E-state index in [1.165, 1.54) is 0 Å². The van der Waals surface area contributed by atoms with Gasteiger partial charge >= 0.3 is 0 Å². The van der Waals surface area contributed by atoms with Gasteiger partial charge in [-0.1, -0.05) is 35.9 Å². The van der Waals surface area contributed by atoms with Gasteiger partial charge in [-0.15, -0.1) is 0 Å². The zero-order valence-electron chi connectivity index (χ0n) is 16.3. The molecule has 1 aliphatic heterocycles. The van der Waals surface area contributed by atoms with Gasteiger partial charge in [0.2, 0.25) is 5.91 Å². The van der Waals surface area contributed by atoms with Crippen LogP contribution in [-0.2, 0) is 11.3 Å². The van der Waals surface area contributed by atoms with Gasteiger partial charge in [0.05, 0.1) is 6.54 Å². The van der Waals surface area contributed by atoms with Crippen LogP contribution < -0.4 is 10.1 Å². The van der Waals surface area contributed by atoms with E-state index >= 15 is 0 Å². The second kappa shape index (κ2) is 7.43. The topological polar surface area (TPSA) is 58.6 Å². The van der Waals surface area contributed by atoms with Crippen molar-refractivity contribution in [3.63, 3.8) is 0 Å². The number of para-hydroxylation sites is 1. The number of hydrogen-bond acceptors (Lipinski definition) is 3. The Morgan fingerprint density at radius 2 is 1.89 bits per heavy atom. The summed E-state index contributed by atoms with van der Waals surface area (Å²) in [5, 5.41) is 2.82. The molecule has 0 saturated heterocycles. The van der Waals surface area contributed by atoms with E-state index in [9.17, 15) is 9.59 Å².